The van der Waals surface area contributed by atoms with Crippen LogP contribution in [-0.2, 0) is 5.41 Å². The summed E-state index contributed by atoms with van der Waals surface area (Å²) in [6.45, 7) is 6.31. The molecule has 5 aromatic rings. The molecule has 0 saturated carbocycles. The second kappa shape index (κ2) is 4.62. The lowest BCUT2D eigenvalue weighted by Crippen LogP contribution is -2.11. The van der Waals surface area contributed by atoms with Crippen LogP contribution < -0.4 is 0 Å². The van der Waals surface area contributed by atoms with Crippen molar-refractivity contribution in [3.05, 3.63) is 48.7 Å². The molecule has 0 aliphatic heterocycles. The van der Waals surface area contributed by atoms with Crippen molar-refractivity contribution in [2.24, 2.45) is 0 Å². The standard InChI is InChI=1S/C17H16N8/c1-17(2,3)13-9-24(22-19-13)16-21-20-15-11-6-4-5-7-12(11)23-10-18-8-14(23)25(15)16/h4-10H,1-3H3. The quantitative estimate of drug-likeness (QED) is 0.471. The molecule has 0 spiro atoms. The Bertz CT molecular complexity index is 1230. The number of hydrogen-bond acceptors (Lipinski definition) is 5. The van der Waals surface area contributed by atoms with Crippen molar-refractivity contribution in [1.29, 1.82) is 0 Å². The lowest BCUT2D eigenvalue weighted by Gasteiger charge is -2.12. The van der Waals surface area contributed by atoms with Crippen LogP contribution in [0.1, 0.15) is 26.5 Å². The van der Waals surface area contributed by atoms with Crippen LogP contribution in [0, 0.1) is 0 Å². The number of hydrogen-bond donors (Lipinski definition) is 0. The smallest absolute Gasteiger partial charge is 0.259 e. The van der Waals surface area contributed by atoms with Gasteiger partial charge in [0.25, 0.3) is 5.95 Å². The third-order valence-electron chi connectivity index (χ3n) is 4.37. The molecule has 4 aromatic heterocycles. The summed E-state index contributed by atoms with van der Waals surface area (Å²) < 4.78 is 5.65. The van der Waals surface area contributed by atoms with Gasteiger partial charge in [0.05, 0.1) is 23.6 Å². The van der Waals surface area contributed by atoms with Crippen LogP contribution in [0.15, 0.2) is 43.0 Å². The maximum atomic E-state index is 4.41. The van der Waals surface area contributed by atoms with E-state index in [2.05, 4.69) is 46.3 Å². The number of imidazole rings is 1. The summed E-state index contributed by atoms with van der Waals surface area (Å²) in [6.07, 6.45) is 5.50. The predicted octanol–water partition coefficient (Wildman–Crippen LogP) is 2.41. The van der Waals surface area contributed by atoms with Gasteiger partial charge < -0.3 is 0 Å². The lowest BCUT2D eigenvalue weighted by atomic mass is 9.93. The maximum absolute atomic E-state index is 4.41. The van der Waals surface area contributed by atoms with Gasteiger partial charge in [-0.05, 0) is 12.1 Å². The van der Waals surface area contributed by atoms with E-state index in [4.69, 9.17) is 0 Å². The highest BCUT2D eigenvalue weighted by molar-refractivity contribution is 5.94. The van der Waals surface area contributed by atoms with Crippen molar-refractivity contribution in [2.45, 2.75) is 26.2 Å². The molecule has 0 fully saturated rings. The highest BCUT2D eigenvalue weighted by Crippen LogP contribution is 2.24. The maximum Gasteiger partial charge on any atom is 0.259 e. The van der Waals surface area contributed by atoms with Gasteiger partial charge in [0.1, 0.15) is 12.0 Å². The highest BCUT2D eigenvalue weighted by atomic mass is 15.5. The molecule has 0 aliphatic rings. The summed E-state index contributed by atoms with van der Waals surface area (Å²) in [5.41, 5.74) is 3.50. The Hall–Kier alpha value is -3.29. The van der Waals surface area contributed by atoms with Gasteiger partial charge in [-0.25, -0.2) is 9.38 Å². The molecule has 0 amide bonds. The molecular weight excluding hydrogens is 316 g/mol. The normalized spacial score (nSPS) is 12.6. The molecule has 5 rings (SSSR count). The molecule has 8 heteroatoms. The van der Waals surface area contributed by atoms with E-state index in [1.165, 1.54) is 0 Å². The van der Waals surface area contributed by atoms with Crippen molar-refractivity contribution in [3.8, 4) is 5.95 Å². The second-order valence-corrected chi connectivity index (χ2v) is 7.10. The van der Waals surface area contributed by atoms with Crippen LogP contribution in [0.4, 0.5) is 0 Å². The third kappa shape index (κ3) is 1.90. The molecule has 0 unspecified atom stereocenters. The van der Waals surface area contributed by atoms with Gasteiger partial charge >= 0.3 is 0 Å². The summed E-state index contributed by atoms with van der Waals surface area (Å²) in [7, 11) is 0. The van der Waals surface area contributed by atoms with Gasteiger partial charge in [0.15, 0.2) is 5.65 Å². The molecular formula is C17H16N8. The van der Waals surface area contributed by atoms with E-state index in [-0.39, 0.29) is 5.41 Å². The van der Waals surface area contributed by atoms with Gasteiger partial charge in [0.2, 0.25) is 0 Å². The van der Waals surface area contributed by atoms with E-state index >= 15 is 0 Å². The van der Waals surface area contributed by atoms with Crippen LogP contribution in [-0.4, -0.2) is 39.0 Å². The van der Waals surface area contributed by atoms with E-state index in [1.54, 1.807) is 17.2 Å². The monoisotopic (exact) mass is 332 g/mol. The minimum Gasteiger partial charge on any atom is -0.284 e. The van der Waals surface area contributed by atoms with Crippen LogP contribution in [0.5, 0.6) is 0 Å². The molecule has 0 saturated heterocycles. The van der Waals surface area contributed by atoms with Gasteiger partial charge in [-0.1, -0.05) is 38.1 Å². The zero-order valence-electron chi connectivity index (χ0n) is 14.1. The summed E-state index contributed by atoms with van der Waals surface area (Å²) in [5.74, 6) is 0.592. The first-order valence-corrected chi connectivity index (χ1v) is 8.05. The second-order valence-electron chi connectivity index (χ2n) is 7.10. The minimum absolute atomic E-state index is 0.0859. The number of rotatable bonds is 1. The van der Waals surface area contributed by atoms with Crippen molar-refractivity contribution in [1.82, 2.24) is 39.0 Å². The Balaban J connectivity index is 1.88. The molecule has 1 aromatic carbocycles. The molecule has 0 atom stereocenters. The Morgan fingerprint density at radius 3 is 2.64 bits per heavy atom. The Morgan fingerprint density at radius 1 is 1.00 bits per heavy atom. The van der Waals surface area contributed by atoms with E-state index in [1.807, 2.05) is 39.3 Å². The lowest BCUT2D eigenvalue weighted by molar-refractivity contribution is 0.566. The largest absolute Gasteiger partial charge is 0.284 e. The minimum atomic E-state index is -0.0859. The van der Waals surface area contributed by atoms with Crippen molar-refractivity contribution in [2.75, 3.05) is 0 Å². The topological polar surface area (TPSA) is 78.2 Å². The molecule has 0 radical (unpaired) electrons. The van der Waals surface area contributed by atoms with Crippen molar-refractivity contribution >= 4 is 22.2 Å². The molecule has 0 aliphatic carbocycles. The summed E-state index contributed by atoms with van der Waals surface area (Å²) in [6, 6.07) is 8.07. The van der Waals surface area contributed by atoms with Gasteiger partial charge in [-0.15, -0.1) is 15.3 Å². The van der Waals surface area contributed by atoms with Crippen LogP contribution >= 0.6 is 0 Å². The van der Waals surface area contributed by atoms with Crippen molar-refractivity contribution in [3.63, 3.8) is 0 Å². The van der Waals surface area contributed by atoms with E-state index in [0.29, 0.717) is 5.95 Å². The molecule has 25 heavy (non-hydrogen) atoms. The summed E-state index contributed by atoms with van der Waals surface area (Å²) >= 11 is 0. The first-order valence-electron chi connectivity index (χ1n) is 8.05. The fraction of sp³-hybridized carbons (Fsp3) is 0.235. The van der Waals surface area contributed by atoms with Crippen LogP contribution in [0.25, 0.3) is 28.1 Å². The van der Waals surface area contributed by atoms with Gasteiger partial charge in [-0.3, -0.25) is 4.40 Å². The molecule has 4 heterocycles. The number of fused-ring (bicyclic) bond motifs is 6. The average molecular weight is 332 g/mol. The fourth-order valence-electron chi connectivity index (χ4n) is 3.03. The fourth-order valence-corrected chi connectivity index (χ4v) is 3.03. The molecule has 0 bridgehead atoms. The number of nitrogens with zero attached hydrogens (tertiary/aromatic N) is 8. The van der Waals surface area contributed by atoms with Gasteiger partial charge in [-0.2, -0.15) is 4.68 Å². The van der Waals surface area contributed by atoms with E-state index in [9.17, 15) is 0 Å². The zero-order chi connectivity index (χ0) is 17.2. The Kier molecular flexibility index (Phi) is 2.61. The third-order valence-corrected chi connectivity index (χ3v) is 4.37. The number of para-hydroxylation sites is 1. The van der Waals surface area contributed by atoms with Gasteiger partial charge in [0, 0.05) is 10.8 Å². The molecule has 0 N–H and O–H groups in total. The Morgan fingerprint density at radius 2 is 1.84 bits per heavy atom. The SMILES string of the molecule is CC(C)(C)c1cn(-c2nnc3c4ccccc4n4cncc4n23)nn1. The number of benzene rings is 1. The molecule has 8 nitrogen and oxygen atoms in total. The summed E-state index contributed by atoms with van der Waals surface area (Å²) in [4.78, 5) is 4.30. The Labute approximate surface area is 142 Å². The highest BCUT2D eigenvalue weighted by Gasteiger charge is 2.21. The first-order chi connectivity index (χ1) is 12.0. The van der Waals surface area contributed by atoms with Crippen molar-refractivity contribution < 1.29 is 0 Å². The molecule has 124 valence electrons. The number of aromatic nitrogens is 8. The van der Waals surface area contributed by atoms with Crippen LogP contribution in [0.3, 0.4) is 0 Å². The van der Waals surface area contributed by atoms with Crippen LogP contribution in [0.2, 0.25) is 0 Å². The first kappa shape index (κ1) is 14.1. The zero-order valence-corrected chi connectivity index (χ0v) is 14.1. The van der Waals surface area contributed by atoms with E-state index < -0.39 is 0 Å². The predicted molar refractivity (Wildman–Crippen MR) is 92.9 cm³/mol. The summed E-state index contributed by atoms with van der Waals surface area (Å²) in [5, 5.41) is 18.3. The van der Waals surface area contributed by atoms with E-state index in [0.717, 1.165) is 27.9 Å². The average Bonchev–Trinajstić information content (AvgIpc) is 3.31.